The molecule has 6 heteroatoms. The van der Waals surface area contributed by atoms with Crippen LogP contribution < -0.4 is 14.8 Å². The van der Waals surface area contributed by atoms with Gasteiger partial charge in [0.2, 0.25) is 0 Å². The number of benzene rings is 2. The first kappa shape index (κ1) is 18.0. The third-order valence-corrected chi connectivity index (χ3v) is 4.15. The summed E-state index contributed by atoms with van der Waals surface area (Å²) < 4.78 is 11.6. The van der Waals surface area contributed by atoms with Gasteiger partial charge in [-0.3, -0.25) is 9.59 Å². The van der Waals surface area contributed by atoms with E-state index in [1.807, 2.05) is 31.2 Å². The zero-order valence-electron chi connectivity index (χ0n) is 13.4. The zero-order chi connectivity index (χ0) is 17.5. The number of nitrogens with one attached hydrogen (secondary N) is 1. The van der Waals surface area contributed by atoms with E-state index in [1.54, 1.807) is 12.1 Å². The largest absolute Gasteiger partial charge is 0.493 e. The fourth-order valence-electron chi connectivity index (χ4n) is 2.21. The number of ether oxygens (including phenoxy) is 2. The minimum absolute atomic E-state index is 0.167. The van der Waals surface area contributed by atoms with Crippen molar-refractivity contribution in [3.05, 3.63) is 58.1 Å². The molecule has 126 valence electrons. The van der Waals surface area contributed by atoms with E-state index < -0.39 is 0 Å². The summed E-state index contributed by atoms with van der Waals surface area (Å²) in [5.41, 5.74) is 1.43. The molecule has 0 fully saturated rings. The molecule has 0 heterocycles. The zero-order valence-corrected chi connectivity index (χ0v) is 15.0. The van der Waals surface area contributed by atoms with E-state index in [4.69, 9.17) is 9.47 Å². The average molecular weight is 392 g/mol. The van der Waals surface area contributed by atoms with Crippen LogP contribution in [-0.4, -0.2) is 25.9 Å². The summed E-state index contributed by atoms with van der Waals surface area (Å²) in [5.74, 6) is 0.551. The van der Waals surface area contributed by atoms with Crippen molar-refractivity contribution in [1.29, 1.82) is 0 Å². The monoisotopic (exact) mass is 391 g/mol. The highest BCUT2D eigenvalue weighted by atomic mass is 79.9. The molecule has 0 spiro atoms. The molecule has 0 radical (unpaired) electrons. The maximum absolute atomic E-state index is 12.1. The topological polar surface area (TPSA) is 64.6 Å². The summed E-state index contributed by atoms with van der Waals surface area (Å²) in [4.78, 5) is 23.0. The molecule has 0 saturated heterocycles. The van der Waals surface area contributed by atoms with Crippen molar-refractivity contribution >= 4 is 28.1 Å². The van der Waals surface area contributed by atoms with Crippen molar-refractivity contribution in [3.8, 4) is 11.5 Å². The molecule has 0 aliphatic carbocycles. The lowest BCUT2D eigenvalue weighted by molar-refractivity contribution is -0.123. The van der Waals surface area contributed by atoms with Crippen LogP contribution in [0.4, 0.5) is 0 Å². The lowest BCUT2D eigenvalue weighted by atomic mass is 10.1. The minimum Gasteiger partial charge on any atom is -0.493 e. The quantitative estimate of drug-likeness (QED) is 0.733. The van der Waals surface area contributed by atoms with Gasteiger partial charge in [0.05, 0.1) is 13.2 Å². The molecule has 2 rings (SSSR count). The van der Waals surface area contributed by atoms with Crippen molar-refractivity contribution in [1.82, 2.24) is 5.32 Å². The summed E-state index contributed by atoms with van der Waals surface area (Å²) in [6.07, 6.45) is 0.710. The number of carbonyl (C=O) groups is 2. The van der Waals surface area contributed by atoms with Gasteiger partial charge in [0.15, 0.2) is 18.1 Å². The van der Waals surface area contributed by atoms with Crippen LogP contribution in [0.3, 0.4) is 0 Å². The fourth-order valence-corrected chi connectivity index (χ4v) is 2.84. The first-order chi connectivity index (χ1) is 11.5. The molecule has 5 nitrogen and oxygen atoms in total. The first-order valence-corrected chi connectivity index (χ1v) is 8.14. The van der Waals surface area contributed by atoms with Crippen molar-refractivity contribution in [2.75, 3.05) is 13.7 Å². The third kappa shape index (κ3) is 4.58. The molecule has 2 aromatic rings. The number of hydrogen-bond donors (Lipinski definition) is 1. The van der Waals surface area contributed by atoms with E-state index in [0.29, 0.717) is 23.3 Å². The van der Waals surface area contributed by atoms with Crippen LogP contribution in [0.5, 0.6) is 11.5 Å². The second-order valence-electron chi connectivity index (χ2n) is 5.13. The van der Waals surface area contributed by atoms with Gasteiger partial charge in [-0.1, -0.05) is 34.1 Å². The Morgan fingerprint density at radius 1 is 1.25 bits per heavy atom. The van der Waals surface area contributed by atoms with E-state index >= 15 is 0 Å². The third-order valence-electron chi connectivity index (χ3n) is 3.43. The Bertz CT molecular complexity index is 733. The van der Waals surface area contributed by atoms with Crippen LogP contribution in [0, 0.1) is 0 Å². The van der Waals surface area contributed by atoms with Gasteiger partial charge in [-0.05, 0) is 36.8 Å². The van der Waals surface area contributed by atoms with Crippen molar-refractivity contribution < 1.29 is 19.1 Å². The second kappa shape index (κ2) is 8.49. The Morgan fingerprint density at radius 2 is 2.00 bits per heavy atom. The van der Waals surface area contributed by atoms with Crippen LogP contribution in [0.25, 0.3) is 0 Å². The highest BCUT2D eigenvalue weighted by molar-refractivity contribution is 9.10. The second-order valence-corrected chi connectivity index (χ2v) is 5.98. The standard InChI is InChI=1S/C18H18BrNO4/c1-12(14-5-3-4-6-15(14)19)20-18(22)11-24-17-9-13(10-21)7-8-16(17)23-2/h3-10,12H,11H2,1-2H3,(H,20,22)/t12-/m0/s1. The first-order valence-electron chi connectivity index (χ1n) is 7.35. The van der Waals surface area contributed by atoms with Gasteiger partial charge in [0.25, 0.3) is 5.91 Å². The maximum Gasteiger partial charge on any atom is 0.258 e. The smallest absolute Gasteiger partial charge is 0.258 e. The number of hydrogen-bond acceptors (Lipinski definition) is 4. The Morgan fingerprint density at radius 3 is 2.67 bits per heavy atom. The molecular formula is C18H18BrNO4. The summed E-state index contributed by atoms with van der Waals surface area (Å²) in [6.45, 7) is 1.72. The van der Waals surface area contributed by atoms with Crippen LogP contribution in [0.1, 0.15) is 28.9 Å². The lowest BCUT2D eigenvalue weighted by Gasteiger charge is -2.16. The lowest BCUT2D eigenvalue weighted by Crippen LogP contribution is -2.31. The minimum atomic E-state index is -0.267. The molecule has 24 heavy (non-hydrogen) atoms. The summed E-state index contributed by atoms with van der Waals surface area (Å²) in [7, 11) is 1.50. The highest BCUT2D eigenvalue weighted by Gasteiger charge is 2.13. The Labute approximate surface area is 149 Å². The van der Waals surface area contributed by atoms with E-state index in [1.165, 1.54) is 13.2 Å². The normalized spacial score (nSPS) is 11.5. The summed E-state index contributed by atoms with van der Waals surface area (Å²) in [5, 5.41) is 2.87. The number of amides is 1. The molecule has 1 N–H and O–H groups in total. The van der Waals surface area contributed by atoms with Gasteiger partial charge in [-0.25, -0.2) is 0 Å². The Hall–Kier alpha value is -2.34. The van der Waals surface area contributed by atoms with Gasteiger partial charge in [-0.15, -0.1) is 0 Å². The number of methoxy groups -OCH3 is 1. The number of halogens is 1. The van der Waals surface area contributed by atoms with Crippen LogP contribution in [0.15, 0.2) is 46.9 Å². The maximum atomic E-state index is 12.1. The molecule has 1 amide bonds. The fraction of sp³-hybridized carbons (Fsp3) is 0.222. The molecule has 0 bridgehead atoms. The van der Waals surface area contributed by atoms with Crippen molar-refractivity contribution in [3.63, 3.8) is 0 Å². The highest BCUT2D eigenvalue weighted by Crippen LogP contribution is 2.27. The van der Waals surface area contributed by atoms with Crippen LogP contribution in [-0.2, 0) is 4.79 Å². The van der Waals surface area contributed by atoms with E-state index in [-0.39, 0.29) is 18.6 Å². The molecule has 0 aromatic heterocycles. The van der Waals surface area contributed by atoms with Gasteiger partial charge in [0.1, 0.15) is 6.29 Å². The number of carbonyl (C=O) groups excluding carboxylic acids is 2. The molecule has 0 unspecified atom stereocenters. The molecule has 0 saturated carbocycles. The molecule has 1 atom stereocenters. The van der Waals surface area contributed by atoms with E-state index in [0.717, 1.165) is 10.0 Å². The average Bonchev–Trinajstić information content (AvgIpc) is 2.59. The van der Waals surface area contributed by atoms with Crippen molar-refractivity contribution in [2.45, 2.75) is 13.0 Å². The molecule has 0 aliphatic rings. The Kier molecular flexibility index (Phi) is 6.37. The van der Waals surface area contributed by atoms with Gasteiger partial charge >= 0.3 is 0 Å². The SMILES string of the molecule is COc1ccc(C=O)cc1OCC(=O)N[C@@H](C)c1ccccc1Br. The predicted molar refractivity (Wildman–Crippen MR) is 94.6 cm³/mol. The van der Waals surface area contributed by atoms with Gasteiger partial charge in [-0.2, -0.15) is 0 Å². The number of rotatable bonds is 7. The van der Waals surface area contributed by atoms with E-state index in [9.17, 15) is 9.59 Å². The van der Waals surface area contributed by atoms with Gasteiger partial charge in [0, 0.05) is 10.0 Å². The number of aldehydes is 1. The summed E-state index contributed by atoms with van der Waals surface area (Å²) >= 11 is 3.47. The summed E-state index contributed by atoms with van der Waals surface area (Å²) in [6, 6.07) is 12.3. The molecule has 0 aliphatic heterocycles. The van der Waals surface area contributed by atoms with Crippen molar-refractivity contribution in [2.24, 2.45) is 0 Å². The van der Waals surface area contributed by atoms with E-state index in [2.05, 4.69) is 21.2 Å². The van der Waals surface area contributed by atoms with Crippen LogP contribution in [0.2, 0.25) is 0 Å². The predicted octanol–water partition coefficient (Wildman–Crippen LogP) is 3.53. The Balaban J connectivity index is 1.98. The molecular weight excluding hydrogens is 374 g/mol. The van der Waals surface area contributed by atoms with Crippen LogP contribution >= 0.6 is 15.9 Å². The molecule has 2 aromatic carbocycles. The van der Waals surface area contributed by atoms with Gasteiger partial charge < -0.3 is 14.8 Å².